The Labute approximate surface area is 127 Å². The van der Waals surface area contributed by atoms with E-state index in [1.807, 2.05) is 6.92 Å². The van der Waals surface area contributed by atoms with Gasteiger partial charge in [0.05, 0.1) is 17.2 Å². The summed E-state index contributed by atoms with van der Waals surface area (Å²) in [7, 11) is -3.14. The second-order valence-electron chi connectivity index (χ2n) is 4.28. The van der Waals surface area contributed by atoms with Crippen LogP contribution in [0.4, 0.5) is 5.69 Å². The van der Waals surface area contributed by atoms with Crippen molar-refractivity contribution in [3.63, 3.8) is 0 Å². The van der Waals surface area contributed by atoms with Crippen LogP contribution in [-0.4, -0.2) is 19.2 Å². The van der Waals surface area contributed by atoms with Gasteiger partial charge in [-0.1, -0.05) is 18.5 Å². The van der Waals surface area contributed by atoms with Crippen molar-refractivity contribution in [1.29, 1.82) is 0 Å². The summed E-state index contributed by atoms with van der Waals surface area (Å²) in [5.74, 6) is 0.180. The summed E-state index contributed by atoms with van der Waals surface area (Å²) in [6, 6.07) is 6.80. The molecule has 0 radical (unpaired) electrons. The Morgan fingerprint density at radius 3 is 2.55 bits per heavy atom. The van der Waals surface area contributed by atoms with Crippen LogP contribution in [-0.2, 0) is 16.4 Å². The van der Waals surface area contributed by atoms with Crippen molar-refractivity contribution in [2.45, 2.75) is 24.8 Å². The standard InChI is InChI=1S/C13H15ClN2O2S2/c1-2-7-20(17,18)12-5-3-10(4-6-12)15-8-11-9-16-13(14)19-11/h3-6,9,15H,2,7-8H2,1H3. The first-order valence-corrected chi connectivity index (χ1v) is 9.03. The molecule has 20 heavy (non-hydrogen) atoms. The average Bonchev–Trinajstić information content (AvgIpc) is 2.83. The van der Waals surface area contributed by atoms with Gasteiger partial charge < -0.3 is 5.32 Å². The van der Waals surface area contributed by atoms with Gasteiger partial charge in [-0.2, -0.15) is 0 Å². The predicted molar refractivity (Wildman–Crippen MR) is 83.2 cm³/mol. The Bertz CT molecular complexity index is 666. The van der Waals surface area contributed by atoms with Crippen molar-refractivity contribution in [1.82, 2.24) is 4.98 Å². The highest BCUT2D eigenvalue weighted by atomic mass is 35.5. The molecule has 0 fully saturated rings. The van der Waals surface area contributed by atoms with E-state index < -0.39 is 9.84 Å². The first-order valence-electron chi connectivity index (χ1n) is 6.18. The third-order valence-corrected chi connectivity index (χ3v) is 5.73. The van der Waals surface area contributed by atoms with E-state index in [9.17, 15) is 8.42 Å². The van der Waals surface area contributed by atoms with Gasteiger partial charge in [0.2, 0.25) is 0 Å². The molecule has 2 aromatic rings. The lowest BCUT2D eigenvalue weighted by atomic mass is 10.3. The van der Waals surface area contributed by atoms with Gasteiger partial charge in [0.15, 0.2) is 14.3 Å². The van der Waals surface area contributed by atoms with Crippen LogP contribution < -0.4 is 5.32 Å². The highest BCUT2D eigenvalue weighted by Gasteiger charge is 2.12. The summed E-state index contributed by atoms with van der Waals surface area (Å²) >= 11 is 7.17. The Balaban J connectivity index is 2.01. The van der Waals surface area contributed by atoms with E-state index in [0.717, 1.165) is 10.6 Å². The molecule has 1 N–H and O–H groups in total. The van der Waals surface area contributed by atoms with E-state index in [2.05, 4.69) is 10.3 Å². The zero-order chi connectivity index (χ0) is 14.6. The van der Waals surface area contributed by atoms with Crippen molar-refractivity contribution in [3.05, 3.63) is 39.8 Å². The van der Waals surface area contributed by atoms with Gasteiger partial charge in [-0.05, 0) is 30.7 Å². The first-order chi connectivity index (χ1) is 9.51. The molecule has 7 heteroatoms. The highest BCUT2D eigenvalue weighted by Crippen LogP contribution is 2.20. The van der Waals surface area contributed by atoms with E-state index in [4.69, 9.17) is 11.6 Å². The minimum absolute atomic E-state index is 0.180. The Hall–Kier alpha value is -1.11. The largest absolute Gasteiger partial charge is 0.380 e. The molecule has 0 aliphatic rings. The van der Waals surface area contributed by atoms with Crippen molar-refractivity contribution in [2.24, 2.45) is 0 Å². The van der Waals surface area contributed by atoms with Crippen molar-refractivity contribution in [2.75, 3.05) is 11.1 Å². The number of benzene rings is 1. The maximum atomic E-state index is 11.9. The SMILES string of the molecule is CCCS(=O)(=O)c1ccc(NCc2cnc(Cl)s2)cc1. The minimum atomic E-state index is -3.14. The molecule has 1 aromatic heterocycles. The van der Waals surface area contributed by atoms with E-state index in [1.165, 1.54) is 11.3 Å². The van der Waals surface area contributed by atoms with Gasteiger partial charge in [-0.3, -0.25) is 0 Å². The molecular weight excluding hydrogens is 316 g/mol. The Morgan fingerprint density at radius 1 is 1.30 bits per heavy atom. The lowest BCUT2D eigenvalue weighted by Gasteiger charge is -2.06. The van der Waals surface area contributed by atoms with Gasteiger partial charge in [0.1, 0.15) is 0 Å². The predicted octanol–water partition coefficient (Wildman–Crippen LogP) is 3.59. The van der Waals surface area contributed by atoms with Crippen LogP contribution in [0.15, 0.2) is 35.4 Å². The van der Waals surface area contributed by atoms with Crippen LogP contribution in [0, 0.1) is 0 Å². The summed E-state index contributed by atoms with van der Waals surface area (Å²) in [5.41, 5.74) is 0.866. The molecule has 0 saturated heterocycles. The van der Waals surface area contributed by atoms with E-state index in [-0.39, 0.29) is 5.75 Å². The summed E-state index contributed by atoms with van der Waals surface area (Å²) < 4.78 is 24.3. The number of thiazole rings is 1. The lowest BCUT2D eigenvalue weighted by Crippen LogP contribution is -2.06. The normalized spacial score (nSPS) is 11.5. The van der Waals surface area contributed by atoms with E-state index >= 15 is 0 Å². The fourth-order valence-corrected chi connectivity index (χ4v) is 3.96. The molecule has 0 spiro atoms. The molecule has 0 aliphatic carbocycles. The molecule has 0 amide bonds. The van der Waals surface area contributed by atoms with Crippen molar-refractivity contribution < 1.29 is 8.42 Å². The fraction of sp³-hybridized carbons (Fsp3) is 0.308. The molecule has 0 unspecified atom stereocenters. The maximum Gasteiger partial charge on any atom is 0.183 e. The van der Waals surface area contributed by atoms with Gasteiger partial charge in [-0.15, -0.1) is 11.3 Å². The number of nitrogens with zero attached hydrogens (tertiary/aromatic N) is 1. The zero-order valence-electron chi connectivity index (χ0n) is 11.0. The number of sulfone groups is 1. The number of aromatic nitrogens is 1. The number of rotatable bonds is 6. The third kappa shape index (κ3) is 3.94. The third-order valence-electron chi connectivity index (χ3n) is 2.68. The first kappa shape index (κ1) is 15.3. The Morgan fingerprint density at radius 2 is 2.00 bits per heavy atom. The van der Waals surface area contributed by atoms with Crippen LogP contribution in [0.25, 0.3) is 0 Å². The molecule has 0 bridgehead atoms. The second-order valence-corrected chi connectivity index (χ2v) is 8.08. The molecule has 1 heterocycles. The Kier molecular flexibility index (Phi) is 5.01. The van der Waals surface area contributed by atoms with Gasteiger partial charge in [0, 0.05) is 16.8 Å². The number of hydrogen-bond acceptors (Lipinski definition) is 5. The molecule has 0 saturated carbocycles. The maximum absolute atomic E-state index is 11.9. The monoisotopic (exact) mass is 330 g/mol. The molecule has 4 nitrogen and oxygen atoms in total. The van der Waals surface area contributed by atoms with E-state index in [1.54, 1.807) is 30.5 Å². The summed E-state index contributed by atoms with van der Waals surface area (Å²) in [5, 5.41) is 3.20. The minimum Gasteiger partial charge on any atom is -0.380 e. The molecule has 108 valence electrons. The van der Waals surface area contributed by atoms with Gasteiger partial charge in [0.25, 0.3) is 0 Å². The van der Waals surface area contributed by atoms with Gasteiger partial charge >= 0.3 is 0 Å². The second kappa shape index (κ2) is 6.56. The number of halogens is 1. The summed E-state index contributed by atoms with van der Waals surface area (Å²) in [6.07, 6.45) is 2.34. The fourth-order valence-electron chi connectivity index (χ4n) is 1.72. The molecule has 2 rings (SSSR count). The van der Waals surface area contributed by atoms with Gasteiger partial charge in [-0.25, -0.2) is 13.4 Å². The summed E-state index contributed by atoms with van der Waals surface area (Å²) in [6.45, 7) is 2.47. The van der Waals surface area contributed by atoms with Crippen LogP contribution in [0.5, 0.6) is 0 Å². The average molecular weight is 331 g/mol. The van der Waals surface area contributed by atoms with Crippen LogP contribution >= 0.6 is 22.9 Å². The number of hydrogen-bond donors (Lipinski definition) is 1. The van der Waals surface area contributed by atoms with Crippen LogP contribution in [0.3, 0.4) is 0 Å². The number of nitrogens with one attached hydrogen (secondary N) is 1. The highest BCUT2D eigenvalue weighted by molar-refractivity contribution is 7.91. The van der Waals surface area contributed by atoms with E-state index in [0.29, 0.717) is 22.3 Å². The lowest BCUT2D eigenvalue weighted by molar-refractivity contribution is 0.595. The van der Waals surface area contributed by atoms with Crippen LogP contribution in [0.2, 0.25) is 4.47 Å². The smallest absolute Gasteiger partial charge is 0.183 e. The quantitative estimate of drug-likeness (QED) is 0.879. The molecule has 0 atom stereocenters. The summed E-state index contributed by atoms with van der Waals surface area (Å²) in [4.78, 5) is 5.35. The van der Waals surface area contributed by atoms with Crippen molar-refractivity contribution >= 4 is 38.5 Å². The zero-order valence-corrected chi connectivity index (χ0v) is 13.4. The molecule has 0 aliphatic heterocycles. The topological polar surface area (TPSA) is 59.1 Å². The van der Waals surface area contributed by atoms with Crippen molar-refractivity contribution in [3.8, 4) is 0 Å². The van der Waals surface area contributed by atoms with Crippen LogP contribution in [0.1, 0.15) is 18.2 Å². The number of anilines is 1. The molecule has 1 aromatic carbocycles. The molecular formula is C13H15ClN2O2S2.